The normalized spacial score (nSPS) is 29.3. The van der Waals surface area contributed by atoms with Gasteiger partial charge in [0.1, 0.15) is 5.75 Å². The second-order valence-electron chi connectivity index (χ2n) is 4.55. The third-order valence-electron chi connectivity index (χ3n) is 3.48. The maximum absolute atomic E-state index is 10.4. The lowest BCUT2D eigenvalue weighted by atomic mass is 9.88. The number of hydrogen-bond donors (Lipinski definition) is 2. The summed E-state index contributed by atoms with van der Waals surface area (Å²) >= 11 is 0. The van der Waals surface area contributed by atoms with Crippen LogP contribution in [0.2, 0.25) is 0 Å². The molecule has 0 aromatic heterocycles. The van der Waals surface area contributed by atoms with Crippen LogP contribution in [0.1, 0.15) is 18.9 Å². The number of rotatable bonds is 3. The van der Waals surface area contributed by atoms with Crippen LogP contribution in [0.4, 0.5) is 0 Å². The van der Waals surface area contributed by atoms with E-state index in [1.54, 1.807) is 7.11 Å². The molecule has 0 bridgehead atoms. The number of nitrogens with one attached hydrogen (secondary N) is 1. The van der Waals surface area contributed by atoms with E-state index in [0.29, 0.717) is 6.42 Å². The first-order chi connectivity index (χ1) is 7.64. The average molecular weight is 221 g/mol. The lowest BCUT2D eigenvalue weighted by molar-refractivity contribution is 0.0335. The number of methoxy groups -OCH3 is 1. The van der Waals surface area contributed by atoms with Crippen molar-refractivity contribution in [3.8, 4) is 5.75 Å². The summed E-state index contributed by atoms with van der Waals surface area (Å²) in [5.74, 6) is 0.855. The molecule has 3 nitrogen and oxygen atoms in total. The Morgan fingerprint density at radius 3 is 2.62 bits per heavy atom. The van der Waals surface area contributed by atoms with Gasteiger partial charge in [0, 0.05) is 12.5 Å². The quantitative estimate of drug-likeness (QED) is 0.809. The van der Waals surface area contributed by atoms with Gasteiger partial charge in [0.05, 0.1) is 12.7 Å². The van der Waals surface area contributed by atoms with Gasteiger partial charge in [0.15, 0.2) is 0 Å². The van der Waals surface area contributed by atoms with Gasteiger partial charge < -0.3 is 15.2 Å². The molecule has 1 fully saturated rings. The zero-order valence-electron chi connectivity index (χ0n) is 9.86. The van der Waals surface area contributed by atoms with Crippen LogP contribution in [-0.4, -0.2) is 30.4 Å². The topological polar surface area (TPSA) is 41.5 Å². The molecular formula is C13H19NO2. The third-order valence-corrected chi connectivity index (χ3v) is 3.48. The van der Waals surface area contributed by atoms with E-state index in [1.165, 1.54) is 0 Å². The van der Waals surface area contributed by atoms with Crippen molar-refractivity contribution in [3.63, 3.8) is 0 Å². The fourth-order valence-electron chi connectivity index (χ4n) is 2.25. The monoisotopic (exact) mass is 221 g/mol. The molecule has 1 aromatic carbocycles. The second-order valence-corrected chi connectivity index (χ2v) is 4.55. The Hall–Kier alpha value is -1.06. The van der Waals surface area contributed by atoms with Crippen LogP contribution in [0, 0.1) is 0 Å². The van der Waals surface area contributed by atoms with Crippen molar-refractivity contribution in [1.29, 1.82) is 0 Å². The van der Waals surface area contributed by atoms with Crippen LogP contribution in [0.25, 0.3) is 0 Å². The predicted molar refractivity (Wildman–Crippen MR) is 63.7 cm³/mol. The summed E-state index contributed by atoms with van der Waals surface area (Å²) in [7, 11) is 1.66. The lowest BCUT2D eigenvalue weighted by Crippen LogP contribution is -2.42. The highest BCUT2D eigenvalue weighted by Crippen LogP contribution is 2.26. The first-order valence-electron chi connectivity index (χ1n) is 5.73. The van der Waals surface area contributed by atoms with Gasteiger partial charge in [-0.2, -0.15) is 0 Å². The van der Waals surface area contributed by atoms with Crippen LogP contribution < -0.4 is 10.1 Å². The molecule has 16 heavy (non-hydrogen) atoms. The van der Waals surface area contributed by atoms with Crippen LogP contribution in [0.15, 0.2) is 24.3 Å². The van der Waals surface area contributed by atoms with E-state index in [1.807, 2.05) is 31.2 Å². The van der Waals surface area contributed by atoms with Crippen LogP contribution in [0.3, 0.4) is 0 Å². The van der Waals surface area contributed by atoms with Crippen LogP contribution >= 0.6 is 0 Å². The molecule has 2 atom stereocenters. The van der Waals surface area contributed by atoms with Gasteiger partial charge in [-0.05, 0) is 37.6 Å². The number of aliphatic hydroxyl groups is 1. The summed E-state index contributed by atoms with van der Waals surface area (Å²) in [4.78, 5) is 0. The molecule has 1 saturated heterocycles. The van der Waals surface area contributed by atoms with Crippen molar-refractivity contribution < 1.29 is 9.84 Å². The highest BCUT2D eigenvalue weighted by molar-refractivity contribution is 5.28. The van der Waals surface area contributed by atoms with Crippen LogP contribution in [0.5, 0.6) is 5.75 Å². The zero-order valence-corrected chi connectivity index (χ0v) is 9.86. The van der Waals surface area contributed by atoms with E-state index in [4.69, 9.17) is 4.74 Å². The van der Waals surface area contributed by atoms with E-state index < -0.39 is 5.60 Å². The summed E-state index contributed by atoms with van der Waals surface area (Å²) in [5.41, 5.74) is 0.549. The number of ether oxygens (including phenoxy) is 1. The molecule has 2 N–H and O–H groups in total. The van der Waals surface area contributed by atoms with Crippen molar-refractivity contribution in [1.82, 2.24) is 5.32 Å². The molecule has 0 saturated carbocycles. The first kappa shape index (κ1) is 11.4. The van der Waals surface area contributed by atoms with E-state index in [2.05, 4.69) is 5.32 Å². The van der Waals surface area contributed by atoms with Crippen molar-refractivity contribution in [2.75, 3.05) is 13.7 Å². The van der Waals surface area contributed by atoms with E-state index in [0.717, 1.165) is 24.3 Å². The fraction of sp³-hybridized carbons (Fsp3) is 0.538. The molecule has 88 valence electrons. The van der Waals surface area contributed by atoms with Gasteiger partial charge in [0.2, 0.25) is 0 Å². The van der Waals surface area contributed by atoms with Gasteiger partial charge in [-0.15, -0.1) is 0 Å². The maximum Gasteiger partial charge on any atom is 0.118 e. The Kier molecular flexibility index (Phi) is 3.17. The third kappa shape index (κ3) is 2.20. The predicted octanol–water partition coefficient (Wildman–Crippen LogP) is 1.35. The summed E-state index contributed by atoms with van der Waals surface area (Å²) in [6, 6.07) is 8.07. The average Bonchev–Trinajstić information content (AvgIpc) is 2.60. The highest BCUT2D eigenvalue weighted by atomic mass is 16.5. The molecule has 1 aliphatic rings. The molecule has 1 heterocycles. The molecule has 0 radical (unpaired) electrons. The minimum Gasteiger partial charge on any atom is -0.497 e. The Labute approximate surface area is 96.4 Å². The highest BCUT2D eigenvalue weighted by Gasteiger charge is 2.37. The van der Waals surface area contributed by atoms with Crippen molar-refractivity contribution in [2.45, 2.75) is 31.4 Å². The van der Waals surface area contributed by atoms with Gasteiger partial charge in [-0.1, -0.05) is 12.1 Å². The lowest BCUT2D eigenvalue weighted by Gasteiger charge is -2.27. The molecular weight excluding hydrogens is 202 g/mol. The van der Waals surface area contributed by atoms with E-state index >= 15 is 0 Å². The SMILES string of the molecule is COc1ccc(CC2(O)CCNC2C)cc1. The second kappa shape index (κ2) is 4.44. The molecule has 0 amide bonds. The molecule has 1 aliphatic heterocycles. The number of benzene rings is 1. The largest absolute Gasteiger partial charge is 0.497 e. The fourth-order valence-corrected chi connectivity index (χ4v) is 2.25. The minimum atomic E-state index is -0.603. The molecule has 2 rings (SSSR count). The molecule has 3 heteroatoms. The molecule has 2 unspecified atom stereocenters. The van der Waals surface area contributed by atoms with Gasteiger partial charge in [0.25, 0.3) is 0 Å². The van der Waals surface area contributed by atoms with Crippen molar-refractivity contribution in [3.05, 3.63) is 29.8 Å². The maximum atomic E-state index is 10.4. The molecule has 0 aliphatic carbocycles. The zero-order chi connectivity index (χ0) is 11.6. The van der Waals surface area contributed by atoms with Crippen LogP contribution in [-0.2, 0) is 6.42 Å². The van der Waals surface area contributed by atoms with Gasteiger partial charge >= 0.3 is 0 Å². The number of hydrogen-bond acceptors (Lipinski definition) is 3. The van der Waals surface area contributed by atoms with Crippen molar-refractivity contribution in [2.24, 2.45) is 0 Å². The van der Waals surface area contributed by atoms with Gasteiger partial charge in [-0.25, -0.2) is 0 Å². The summed E-state index contributed by atoms with van der Waals surface area (Å²) in [6.07, 6.45) is 1.52. The Morgan fingerprint density at radius 1 is 1.44 bits per heavy atom. The molecule has 0 spiro atoms. The van der Waals surface area contributed by atoms with Crippen molar-refractivity contribution >= 4 is 0 Å². The summed E-state index contributed by atoms with van der Waals surface area (Å²) in [6.45, 7) is 2.93. The Morgan fingerprint density at radius 2 is 2.12 bits per heavy atom. The standard InChI is InChI=1S/C13H19NO2/c1-10-13(15,7-8-14-10)9-11-3-5-12(16-2)6-4-11/h3-6,10,14-15H,7-9H2,1-2H3. The van der Waals surface area contributed by atoms with E-state index in [-0.39, 0.29) is 6.04 Å². The molecule has 1 aromatic rings. The van der Waals surface area contributed by atoms with E-state index in [9.17, 15) is 5.11 Å². The Balaban J connectivity index is 2.08. The smallest absolute Gasteiger partial charge is 0.118 e. The Bertz CT molecular complexity index is 349. The first-order valence-corrected chi connectivity index (χ1v) is 5.73. The van der Waals surface area contributed by atoms with Gasteiger partial charge in [-0.3, -0.25) is 0 Å². The summed E-state index contributed by atoms with van der Waals surface area (Å²) < 4.78 is 5.11. The minimum absolute atomic E-state index is 0.162. The summed E-state index contributed by atoms with van der Waals surface area (Å²) in [5, 5.41) is 13.7.